The van der Waals surface area contributed by atoms with Crippen LogP contribution in [0.3, 0.4) is 0 Å². The Kier molecular flexibility index (Phi) is 10.3. The van der Waals surface area contributed by atoms with E-state index < -0.39 is 17.4 Å². The molecule has 45 heavy (non-hydrogen) atoms. The maximum atomic E-state index is 13.0. The minimum Gasteiger partial charge on any atom is -0.481 e. The molecule has 3 N–H and O–H groups in total. The molecule has 0 amide bonds. The Bertz CT molecular complexity index is 1450. The minimum atomic E-state index is -1.01. The van der Waals surface area contributed by atoms with Crippen molar-refractivity contribution >= 4 is 23.6 Å². The third-order valence-corrected chi connectivity index (χ3v) is 10.2. The van der Waals surface area contributed by atoms with Gasteiger partial charge in [0.25, 0.3) is 0 Å². The molecule has 2 aromatic carbocycles. The highest BCUT2D eigenvalue weighted by Crippen LogP contribution is 2.53. The van der Waals surface area contributed by atoms with Gasteiger partial charge in [-0.25, -0.2) is 4.79 Å². The van der Waals surface area contributed by atoms with Gasteiger partial charge in [-0.3, -0.25) is 9.59 Å². The van der Waals surface area contributed by atoms with Crippen molar-refractivity contribution < 1.29 is 29.3 Å². The molecule has 0 bridgehead atoms. The third kappa shape index (κ3) is 7.58. The predicted octanol–water partition coefficient (Wildman–Crippen LogP) is 7.91. The number of aliphatic carboxylic acids is 2. The van der Waals surface area contributed by atoms with Crippen LogP contribution in [0.15, 0.2) is 90.0 Å². The van der Waals surface area contributed by atoms with Crippen LogP contribution in [0.25, 0.3) is 0 Å². The van der Waals surface area contributed by atoms with E-state index in [0.29, 0.717) is 31.4 Å². The second-order valence-corrected chi connectivity index (χ2v) is 13.2. The summed E-state index contributed by atoms with van der Waals surface area (Å²) in [6, 6.07) is 17.4. The van der Waals surface area contributed by atoms with E-state index in [9.17, 15) is 24.6 Å². The van der Waals surface area contributed by atoms with E-state index in [-0.39, 0.29) is 42.2 Å². The lowest BCUT2D eigenvalue weighted by atomic mass is 9.56. The van der Waals surface area contributed by atoms with Gasteiger partial charge in [-0.05, 0) is 106 Å². The highest BCUT2D eigenvalue weighted by Gasteiger charge is 2.52. The number of benzene rings is 2. The standard InChI is InChI=1S/C38H45NO6/c1-25-20-32(22-26(2)29-8-10-30(11-9-29)35(40)41)38(37(43)44)18-16-27(23-33(38)21-25)17-19-45-36(42)31-12-14-34(15-13-31)39-24-28-6-4-3-5-7-28/h3-7,12-16,18,20,22,27,29-30,32-33,39H,8-11,17,19,21,23-24H2,1-2H3,(H,40,41)(H,43,44)/b26-22+/t27-,29?,30?,32-,33-,38+/m1/s1. The molecule has 3 aliphatic rings. The number of rotatable bonds is 11. The molecular weight excluding hydrogens is 566 g/mol. The summed E-state index contributed by atoms with van der Waals surface area (Å²) in [4.78, 5) is 37.1. The first-order valence-electron chi connectivity index (χ1n) is 16.2. The molecule has 1 fully saturated rings. The van der Waals surface area contributed by atoms with Gasteiger partial charge in [0.1, 0.15) is 0 Å². The Morgan fingerprint density at radius 1 is 0.978 bits per heavy atom. The normalized spacial score (nSPS) is 28.0. The summed E-state index contributed by atoms with van der Waals surface area (Å²) in [5.74, 6) is -2.05. The molecule has 0 aromatic heterocycles. The molecule has 2 aromatic rings. The maximum Gasteiger partial charge on any atom is 0.338 e. The summed E-state index contributed by atoms with van der Waals surface area (Å²) in [6.07, 6.45) is 13.3. The SMILES string of the molecule is CC1=C[C@H](/C=C(\C)C2CCC(C(=O)O)CC2)[C@@]2(C(=O)O)C=C[C@H](CCOC(=O)c3ccc(NCc4ccccc4)cc3)C[C@H]2C1. The van der Waals surface area contributed by atoms with Crippen molar-refractivity contribution in [3.8, 4) is 0 Å². The van der Waals surface area contributed by atoms with Gasteiger partial charge in [-0.2, -0.15) is 0 Å². The monoisotopic (exact) mass is 611 g/mol. The zero-order chi connectivity index (χ0) is 32.0. The molecule has 238 valence electrons. The lowest BCUT2D eigenvalue weighted by molar-refractivity contribution is -0.152. The van der Waals surface area contributed by atoms with Gasteiger partial charge >= 0.3 is 17.9 Å². The average molecular weight is 612 g/mol. The van der Waals surface area contributed by atoms with Crippen LogP contribution in [0.5, 0.6) is 0 Å². The number of hydrogen-bond acceptors (Lipinski definition) is 5. The number of ether oxygens (including phenoxy) is 1. The molecule has 0 radical (unpaired) electrons. The summed E-state index contributed by atoms with van der Waals surface area (Å²) < 4.78 is 5.63. The molecule has 1 saturated carbocycles. The number of allylic oxidation sites excluding steroid dienone is 5. The number of anilines is 1. The molecule has 7 nitrogen and oxygen atoms in total. The Balaban J connectivity index is 1.17. The Morgan fingerprint density at radius 2 is 1.67 bits per heavy atom. The van der Waals surface area contributed by atoms with E-state index in [1.54, 1.807) is 12.1 Å². The van der Waals surface area contributed by atoms with Crippen molar-refractivity contribution in [3.63, 3.8) is 0 Å². The van der Waals surface area contributed by atoms with Crippen LogP contribution >= 0.6 is 0 Å². The molecule has 3 aliphatic carbocycles. The highest BCUT2D eigenvalue weighted by molar-refractivity contribution is 5.89. The molecule has 0 saturated heterocycles. The van der Waals surface area contributed by atoms with E-state index in [0.717, 1.165) is 36.9 Å². The molecular formula is C38H45NO6. The quantitative estimate of drug-likeness (QED) is 0.175. The Labute approximate surface area is 266 Å². The van der Waals surface area contributed by atoms with Crippen LogP contribution in [0, 0.1) is 35.0 Å². The molecule has 0 unspecified atom stereocenters. The molecule has 0 aliphatic heterocycles. The van der Waals surface area contributed by atoms with Gasteiger partial charge in [0.05, 0.1) is 23.5 Å². The molecule has 0 spiro atoms. The highest BCUT2D eigenvalue weighted by atomic mass is 16.5. The first-order valence-corrected chi connectivity index (χ1v) is 16.2. The number of carboxylic acid groups (broad SMARTS) is 2. The molecule has 4 atom stereocenters. The number of nitrogens with one attached hydrogen (secondary N) is 1. The zero-order valence-electron chi connectivity index (χ0n) is 26.3. The Hall–Kier alpha value is -4.13. The van der Waals surface area contributed by atoms with Crippen molar-refractivity contribution in [2.24, 2.45) is 35.0 Å². The average Bonchev–Trinajstić information content (AvgIpc) is 3.04. The first kappa shape index (κ1) is 32.3. The fraction of sp³-hybridized carbons (Fsp3) is 0.447. The summed E-state index contributed by atoms with van der Waals surface area (Å²) >= 11 is 0. The summed E-state index contributed by atoms with van der Waals surface area (Å²) in [7, 11) is 0. The van der Waals surface area contributed by atoms with Crippen molar-refractivity contribution in [3.05, 3.63) is 101 Å². The van der Waals surface area contributed by atoms with Crippen LogP contribution < -0.4 is 5.32 Å². The van der Waals surface area contributed by atoms with Gasteiger partial charge in [-0.15, -0.1) is 0 Å². The molecule has 5 rings (SSSR count). The van der Waals surface area contributed by atoms with Crippen molar-refractivity contribution in [2.75, 3.05) is 11.9 Å². The lowest BCUT2D eigenvalue weighted by Gasteiger charge is -2.46. The van der Waals surface area contributed by atoms with Crippen LogP contribution in [-0.4, -0.2) is 34.7 Å². The summed E-state index contributed by atoms with van der Waals surface area (Å²) in [6.45, 7) is 5.13. The number of esters is 1. The van der Waals surface area contributed by atoms with Crippen LogP contribution in [0.2, 0.25) is 0 Å². The second kappa shape index (κ2) is 14.3. The topological polar surface area (TPSA) is 113 Å². The van der Waals surface area contributed by atoms with Gasteiger partial charge in [0.2, 0.25) is 0 Å². The van der Waals surface area contributed by atoms with E-state index in [1.807, 2.05) is 42.5 Å². The van der Waals surface area contributed by atoms with E-state index in [4.69, 9.17) is 4.74 Å². The van der Waals surface area contributed by atoms with Crippen LogP contribution in [0.1, 0.15) is 74.7 Å². The summed E-state index contributed by atoms with van der Waals surface area (Å²) in [5.41, 5.74) is 3.95. The van der Waals surface area contributed by atoms with Crippen molar-refractivity contribution in [2.45, 2.75) is 65.3 Å². The number of carbonyl (C=O) groups is 3. The fourth-order valence-corrected chi connectivity index (χ4v) is 7.52. The van der Waals surface area contributed by atoms with E-state index >= 15 is 0 Å². The zero-order valence-corrected chi connectivity index (χ0v) is 26.3. The van der Waals surface area contributed by atoms with E-state index in [1.165, 1.54) is 11.1 Å². The fourth-order valence-electron chi connectivity index (χ4n) is 7.52. The smallest absolute Gasteiger partial charge is 0.338 e. The Morgan fingerprint density at radius 3 is 2.33 bits per heavy atom. The van der Waals surface area contributed by atoms with Gasteiger partial charge in [-0.1, -0.05) is 65.8 Å². The minimum absolute atomic E-state index is 0.0570. The lowest BCUT2D eigenvalue weighted by Crippen LogP contribution is -2.47. The largest absolute Gasteiger partial charge is 0.481 e. The van der Waals surface area contributed by atoms with Crippen molar-refractivity contribution in [1.82, 2.24) is 0 Å². The van der Waals surface area contributed by atoms with Crippen LogP contribution in [-0.2, 0) is 20.9 Å². The molecule has 7 heteroatoms. The third-order valence-electron chi connectivity index (χ3n) is 10.2. The van der Waals surface area contributed by atoms with Crippen LogP contribution in [0.4, 0.5) is 5.69 Å². The second-order valence-electron chi connectivity index (χ2n) is 13.2. The van der Waals surface area contributed by atoms with Crippen molar-refractivity contribution in [1.29, 1.82) is 0 Å². The molecule has 0 heterocycles. The number of carboxylic acids is 2. The van der Waals surface area contributed by atoms with Gasteiger partial charge in [0.15, 0.2) is 0 Å². The number of hydrogen-bond donors (Lipinski definition) is 3. The van der Waals surface area contributed by atoms with E-state index in [2.05, 4.69) is 43.4 Å². The maximum absolute atomic E-state index is 13.0. The van der Waals surface area contributed by atoms with Gasteiger partial charge < -0.3 is 20.3 Å². The first-order chi connectivity index (χ1) is 21.7. The predicted molar refractivity (Wildman–Crippen MR) is 175 cm³/mol. The van der Waals surface area contributed by atoms with Gasteiger partial charge in [0, 0.05) is 18.2 Å². The number of carbonyl (C=O) groups excluding carboxylic acids is 1. The summed E-state index contributed by atoms with van der Waals surface area (Å²) in [5, 5.41) is 23.3. The number of fused-ring (bicyclic) bond motifs is 1.